The van der Waals surface area contributed by atoms with E-state index in [1.807, 2.05) is 13.8 Å². The van der Waals surface area contributed by atoms with E-state index in [-0.39, 0.29) is 15.0 Å². The van der Waals surface area contributed by atoms with E-state index >= 15 is 0 Å². The van der Waals surface area contributed by atoms with Gasteiger partial charge in [0.25, 0.3) is 0 Å². The molecule has 1 fully saturated rings. The van der Waals surface area contributed by atoms with Crippen LogP contribution >= 0.6 is 15.9 Å². The molecule has 0 radical (unpaired) electrons. The van der Waals surface area contributed by atoms with Gasteiger partial charge in [-0.3, -0.25) is 0 Å². The lowest BCUT2D eigenvalue weighted by atomic mass is 9.85. The van der Waals surface area contributed by atoms with Crippen LogP contribution in [-0.2, 0) is 10.0 Å². The highest BCUT2D eigenvalue weighted by molar-refractivity contribution is 9.10. The molecule has 0 aromatic carbocycles. The van der Waals surface area contributed by atoms with Gasteiger partial charge >= 0.3 is 5.97 Å². The number of sulfonamides is 1. The van der Waals surface area contributed by atoms with Crippen molar-refractivity contribution < 1.29 is 22.7 Å². The molecular formula is C12H16BrNO5S. The van der Waals surface area contributed by atoms with Crippen molar-refractivity contribution in [1.82, 2.24) is 4.31 Å². The van der Waals surface area contributed by atoms with E-state index in [1.165, 1.54) is 4.31 Å². The molecule has 0 spiro atoms. The minimum Gasteiger partial charge on any atom is -0.475 e. The lowest BCUT2D eigenvalue weighted by Crippen LogP contribution is -2.43. The monoisotopic (exact) mass is 365 g/mol. The fraction of sp³-hybridized carbons (Fsp3) is 0.583. The summed E-state index contributed by atoms with van der Waals surface area (Å²) < 4.78 is 31.4. The van der Waals surface area contributed by atoms with Crippen molar-refractivity contribution >= 4 is 31.9 Å². The second kappa shape index (κ2) is 5.16. The highest BCUT2D eigenvalue weighted by atomic mass is 79.9. The van der Waals surface area contributed by atoms with Crippen LogP contribution in [-0.4, -0.2) is 36.9 Å². The SMILES string of the molecule is CC1(C)CCCN(S(=O)(=O)c2cc(C(=O)O)oc2Br)C1. The van der Waals surface area contributed by atoms with Crippen LogP contribution < -0.4 is 0 Å². The van der Waals surface area contributed by atoms with Gasteiger partial charge in [0.2, 0.25) is 15.8 Å². The van der Waals surface area contributed by atoms with Gasteiger partial charge in [0, 0.05) is 19.2 Å². The first-order valence-electron chi connectivity index (χ1n) is 6.16. The first-order valence-corrected chi connectivity index (χ1v) is 8.39. The standard InChI is InChI=1S/C12H16BrNO5S/c1-12(2)4-3-5-14(7-12)20(17,18)9-6-8(11(15)16)19-10(9)13/h6H,3-5,7H2,1-2H3,(H,15,16). The second-order valence-electron chi connectivity index (χ2n) is 5.66. The number of rotatable bonds is 3. The maximum absolute atomic E-state index is 12.6. The van der Waals surface area contributed by atoms with Crippen LogP contribution in [0.1, 0.15) is 37.2 Å². The van der Waals surface area contributed by atoms with Gasteiger partial charge in [-0.15, -0.1) is 0 Å². The molecule has 0 unspecified atom stereocenters. The topological polar surface area (TPSA) is 87.8 Å². The van der Waals surface area contributed by atoms with E-state index in [0.717, 1.165) is 18.9 Å². The molecule has 112 valence electrons. The summed E-state index contributed by atoms with van der Waals surface area (Å²) in [5.41, 5.74) is -0.0862. The van der Waals surface area contributed by atoms with Crippen LogP contribution in [0.15, 0.2) is 20.0 Å². The number of carbonyl (C=O) groups is 1. The number of halogens is 1. The van der Waals surface area contributed by atoms with E-state index in [9.17, 15) is 13.2 Å². The zero-order valence-corrected chi connectivity index (χ0v) is 13.6. The van der Waals surface area contributed by atoms with Gasteiger partial charge < -0.3 is 9.52 Å². The maximum atomic E-state index is 12.6. The van der Waals surface area contributed by atoms with Crippen molar-refractivity contribution in [3.63, 3.8) is 0 Å². The molecule has 1 aromatic rings. The summed E-state index contributed by atoms with van der Waals surface area (Å²) in [7, 11) is -3.75. The lowest BCUT2D eigenvalue weighted by molar-refractivity contribution is 0.0661. The van der Waals surface area contributed by atoms with E-state index in [0.29, 0.717) is 13.1 Å². The molecule has 6 nitrogen and oxygen atoms in total. The van der Waals surface area contributed by atoms with Crippen LogP contribution in [0.2, 0.25) is 0 Å². The van der Waals surface area contributed by atoms with E-state index in [4.69, 9.17) is 9.52 Å². The van der Waals surface area contributed by atoms with Gasteiger partial charge in [-0.05, 0) is 34.2 Å². The van der Waals surface area contributed by atoms with Crippen molar-refractivity contribution in [2.75, 3.05) is 13.1 Å². The molecule has 20 heavy (non-hydrogen) atoms. The van der Waals surface area contributed by atoms with Crippen LogP contribution in [0, 0.1) is 5.41 Å². The van der Waals surface area contributed by atoms with Crippen molar-refractivity contribution in [3.8, 4) is 0 Å². The molecule has 0 bridgehead atoms. The number of piperidine rings is 1. The largest absolute Gasteiger partial charge is 0.475 e. The van der Waals surface area contributed by atoms with Crippen molar-refractivity contribution in [1.29, 1.82) is 0 Å². The number of nitrogens with zero attached hydrogens (tertiary/aromatic N) is 1. The predicted octanol–water partition coefficient (Wildman–Crippen LogP) is 2.55. The van der Waals surface area contributed by atoms with Gasteiger partial charge in [0.1, 0.15) is 4.90 Å². The normalized spacial score (nSPS) is 19.9. The summed E-state index contributed by atoms with van der Waals surface area (Å²) in [5.74, 6) is -1.70. The quantitative estimate of drug-likeness (QED) is 0.888. The van der Waals surface area contributed by atoms with Crippen molar-refractivity contribution in [3.05, 3.63) is 16.5 Å². The highest BCUT2D eigenvalue weighted by Crippen LogP contribution is 2.34. The molecule has 1 saturated heterocycles. The van der Waals surface area contributed by atoms with Gasteiger partial charge in [-0.2, -0.15) is 4.31 Å². The number of aromatic carboxylic acids is 1. The molecule has 0 amide bonds. The van der Waals surface area contributed by atoms with Crippen LogP contribution in [0.25, 0.3) is 0 Å². The molecule has 1 aromatic heterocycles. The average molecular weight is 366 g/mol. The number of carboxylic acids is 1. The third-order valence-electron chi connectivity index (χ3n) is 3.35. The smallest absolute Gasteiger partial charge is 0.371 e. The fourth-order valence-electron chi connectivity index (χ4n) is 2.35. The number of hydrogen-bond acceptors (Lipinski definition) is 4. The third-order valence-corrected chi connectivity index (χ3v) is 6.05. The van der Waals surface area contributed by atoms with Gasteiger partial charge in [-0.25, -0.2) is 13.2 Å². The minimum absolute atomic E-state index is 0.0710. The fourth-order valence-corrected chi connectivity index (χ4v) is 4.92. The molecule has 2 heterocycles. The molecule has 1 N–H and O–H groups in total. The van der Waals surface area contributed by atoms with Crippen LogP contribution in [0.5, 0.6) is 0 Å². The molecule has 2 rings (SSSR count). The molecule has 8 heteroatoms. The van der Waals surface area contributed by atoms with Gasteiger partial charge in [0.05, 0.1) is 0 Å². The Hall–Kier alpha value is -0.860. The molecule has 0 saturated carbocycles. The Kier molecular flexibility index (Phi) is 4.01. The number of carboxylic acid groups (broad SMARTS) is 1. The summed E-state index contributed by atoms with van der Waals surface area (Å²) >= 11 is 2.98. The Labute approximate surface area is 125 Å². The van der Waals surface area contributed by atoms with Crippen LogP contribution in [0.4, 0.5) is 0 Å². The summed E-state index contributed by atoms with van der Waals surface area (Å²) in [6.07, 6.45) is 1.75. The van der Waals surface area contributed by atoms with Gasteiger partial charge in [0.15, 0.2) is 4.67 Å². The Morgan fingerprint density at radius 3 is 2.65 bits per heavy atom. The Balaban J connectivity index is 2.37. The molecule has 1 aliphatic rings. The average Bonchev–Trinajstić information content (AvgIpc) is 2.71. The highest BCUT2D eigenvalue weighted by Gasteiger charge is 2.36. The van der Waals surface area contributed by atoms with Crippen molar-refractivity contribution in [2.24, 2.45) is 5.41 Å². The minimum atomic E-state index is -3.75. The number of furan rings is 1. The van der Waals surface area contributed by atoms with E-state index in [1.54, 1.807) is 0 Å². The second-order valence-corrected chi connectivity index (χ2v) is 8.29. The van der Waals surface area contributed by atoms with E-state index < -0.39 is 21.8 Å². The Morgan fingerprint density at radius 2 is 2.15 bits per heavy atom. The third kappa shape index (κ3) is 2.91. The lowest BCUT2D eigenvalue weighted by Gasteiger charge is -2.36. The summed E-state index contributed by atoms with van der Waals surface area (Å²) in [4.78, 5) is 10.7. The first-order chi connectivity index (χ1) is 9.13. The predicted molar refractivity (Wildman–Crippen MR) is 75.1 cm³/mol. The molecular weight excluding hydrogens is 350 g/mol. The maximum Gasteiger partial charge on any atom is 0.371 e. The van der Waals surface area contributed by atoms with Crippen molar-refractivity contribution in [2.45, 2.75) is 31.6 Å². The summed E-state index contributed by atoms with van der Waals surface area (Å²) in [6.45, 7) is 4.88. The summed E-state index contributed by atoms with van der Waals surface area (Å²) in [6, 6.07) is 1.04. The van der Waals surface area contributed by atoms with E-state index in [2.05, 4.69) is 15.9 Å². The van der Waals surface area contributed by atoms with Gasteiger partial charge in [-0.1, -0.05) is 13.8 Å². The Bertz CT molecular complexity index is 634. The van der Waals surface area contributed by atoms with Crippen LogP contribution in [0.3, 0.4) is 0 Å². The summed E-state index contributed by atoms with van der Waals surface area (Å²) in [5, 5.41) is 8.86. The first kappa shape index (κ1) is 15.5. The Morgan fingerprint density at radius 1 is 1.50 bits per heavy atom. The molecule has 0 aliphatic carbocycles. The molecule has 0 atom stereocenters. The number of hydrogen-bond donors (Lipinski definition) is 1. The molecule has 1 aliphatic heterocycles. The zero-order chi connectivity index (χ0) is 15.1. The zero-order valence-electron chi connectivity index (χ0n) is 11.2.